The average molecular weight is 452 g/mol. The molecule has 2 atom stereocenters. The maximum Gasteiger partial charge on any atom is 0.342 e. The van der Waals surface area contributed by atoms with Crippen molar-refractivity contribution in [3.63, 3.8) is 0 Å². The summed E-state index contributed by atoms with van der Waals surface area (Å²) in [6.45, 7) is 2.94. The Hall–Kier alpha value is -2.79. The lowest BCUT2D eigenvalue weighted by Gasteiger charge is -2.21. The number of cyclic esters (lactones) is 1. The van der Waals surface area contributed by atoms with Crippen LogP contribution in [0.25, 0.3) is 6.08 Å². The van der Waals surface area contributed by atoms with E-state index in [1.807, 2.05) is 19.1 Å². The minimum absolute atomic E-state index is 0.158. The number of esters is 1. The molecule has 0 bridgehead atoms. The Morgan fingerprint density at radius 3 is 2.58 bits per heavy atom. The van der Waals surface area contributed by atoms with Crippen molar-refractivity contribution in [2.24, 2.45) is 0 Å². The van der Waals surface area contributed by atoms with Crippen molar-refractivity contribution in [3.8, 4) is 11.5 Å². The first-order valence-corrected chi connectivity index (χ1v) is 12.0. The minimum atomic E-state index is -0.351. The monoisotopic (exact) mass is 451 g/mol. The van der Waals surface area contributed by atoms with Crippen LogP contribution in [0.5, 0.6) is 11.5 Å². The van der Waals surface area contributed by atoms with Gasteiger partial charge in [-0.3, -0.25) is 0 Å². The molecule has 1 aliphatic rings. The zero-order valence-electron chi connectivity index (χ0n) is 20.1. The number of carbonyl (C=O) groups excluding carboxylic acids is 1. The lowest BCUT2D eigenvalue weighted by Crippen LogP contribution is -2.31. The standard InChI is InChI=1S/C28H37NO4/c1-21-11-10-16-24(29-18-17-22-12-6-4-7-13-22)15-9-5-8-14-23-19-25(31-2)20-26(32-3)27(23)28(30)33-21/h4,6-8,12-14,19-21,24,29H,5,9-11,15-18H2,1-3H3/t21-,24?/m0/s1. The van der Waals surface area contributed by atoms with Crippen molar-refractivity contribution in [3.05, 3.63) is 65.2 Å². The molecule has 2 aromatic carbocycles. The predicted octanol–water partition coefficient (Wildman–Crippen LogP) is 5.82. The van der Waals surface area contributed by atoms with E-state index in [-0.39, 0.29) is 12.1 Å². The van der Waals surface area contributed by atoms with Crippen LogP contribution >= 0.6 is 0 Å². The normalized spacial score (nSPS) is 19.8. The van der Waals surface area contributed by atoms with Gasteiger partial charge >= 0.3 is 5.97 Å². The molecule has 178 valence electrons. The minimum Gasteiger partial charge on any atom is -0.497 e. The van der Waals surface area contributed by atoms with Crippen LogP contribution in [0.15, 0.2) is 48.5 Å². The first-order chi connectivity index (χ1) is 16.1. The Kier molecular flexibility index (Phi) is 9.82. The molecule has 2 aromatic rings. The molecule has 0 saturated carbocycles. The third kappa shape index (κ3) is 7.64. The number of carbonyl (C=O) groups is 1. The highest BCUT2D eigenvalue weighted by Crippen LogP contribution is 2.31. The summed E-state index contributed by atoms with van der Waals surface area (Å²) in [6.07, 6.45) is 11.1. The number of benzene rings is 2. The molecule has 0 aromatic heterocycles. The molecule has 0 aliphatic carbocycles. The molecule has 0 spiro atoms. The summed E-state index contributed by atoms with van der Waals surface area (Å²) in [7, 11) is 3.17. The molecular formula is C28H37NO4. The van der Waals surface area contributed by atoms with Crippen LogP contribution in [-0.4, -0.2) is 38.9 Å². The first-order valence-electron chi connectivity index (χ1n) is 12.0. The Bertz CT molecular complexity index is 910. The Labute approximate surface area is 198 Å². The van der Waals surface area contributed by atoms with Gasteiger partial charge in [-0.25, -0.2) is 4.79 Å². The average Bonchev–Trinajstić information content (AvgIpc) is 2.82. The van der Waals surface area contributed by atoms with E-state index >= 15 is 0 Å². The molecule has 5 heteroatoms. The molecular weight excluding hydrogens is 414 g/mol. The summed E-state index contributed by atoms with van der Waals surface area (Å²) < 4.78 is 16.7. The number of allylic oxidation sites excluding steroid dienone is 1. The molecule has 0 radical (unpaired) electrons. The smallest absolute Gasteiger partial charge is 0.342 e. The second kappa shape index (κ2) is 13.0. The number of hydrogen-bond donors (Lipinski definition) is 1. The Morgan fingerprint density at radius 1 is 1.03 bits per heavy atom. The van der Waals surface area contributed by atoms with Gasteiger partial charge in [-0.15, -0.1) is 0 Å². The van der Waals surface area contributed by atoms with Gasteiger partial charge in [-0.05, 0) is 75.6 Å². The summed E-state index contributed by atoms with van der Waals surface area (Å²) in [5, 5.41) is 3.75. The van der Waals surface area contributed by atoms with E-state index in [1.54, 1.807) is 20.3 Å². The number of fused-ring (bicyclic) bond motifs is 1. The van der Waals surface area contributed by atoms with Crippen LogP contribution in [-0.2, 0) is 11.2 Å². The molecule has 0 fully saturated rings. The molecule has 1 heterocycles. The number of rotatable bonds is 6. The summed E-state index contributed by atoms with van der Waals surface area (Å²) in [5.41, 5.74) is 2.58. The molecule has 1 aliphatic heterocycles. The SMILES string of the molecule is COc1cc2c(c(OC)c1)C(=O)O[C@@H](C)CCCC(NCCc1ccccc1)CCCC=C2. The molecule has 0 amide bonds. The van der Waals surface area contributed by atoms with E-state index in [2.05, 4.69) is 41.7 Å². The van der Waals surface area contributed by atoms with E-state index in [9.17, 15) is 4.79 Å². The van der Waals surface area contributed by atoms with Crippen LogP contribution < -0.4 is 14.8 Å². The third-order valence-electron chi connectivity index (χ3n) is 6.15. The molecule has 0 saturated heterocycles. The highest BCUT2D eigenvalue weighted by molar-refractivity contribution is 5.97. The van der Waals surface area contributed by atoms with E-state index in [0.717, 1.165) is 57.1 Å². The van der Waals surface area contributed by atoms with Gasteiger partial charge in [0.05, 0.1) is 20.3 Å². The summed E-state index contributed by atoms with van der Waals surface area (Å²) in [4.78, 5) is 13.0. The van der Waals surface area contributed by atoms with Gasteiger partial charge in [-0.1, -0.05) is 42.5 Å². The van der Waals surface area contributed by atoms with E-state index in [4.69, 9.17) is 14.2 Å². The van der Waals surface area contributed by atoms with Crippen LogP contribution in [0.2, 0.25) is 0 Å². The lowest BCUT2D eigenvalue weighted by atomic mass is 10.00. The molecule has 1 N–H and O–H groups in total. The summed E-state index contributed by atoms with van der Waals surface area (Å²) in [5.74, 6) is 0.775. The fraction of sp³-hybridized carbons (Fsp3) is 0.464. The number of nitrogens with one attached hydrogen (secondary N) is 1. The first kappa shape index (κ1) is 24.8. The van der Waals surface area contributed by atoms with Crippen molar-refractivity contribution in [1.82, 2.24) is 5.32 Å². The van der Waals surface area contributed by atoms with E-state index in [0.29, 0.717) is 23.1 Å². The van der Waals surface area contributed by atoms with E-state index in [1.165, 1.54) is 5.56 Å². The molecule has 33 heavy (non-hydrogen) atoms. The van der Waals surface area contributed by atoms with Gasteiger partial charge in [0.25, 0.3) is 0 Å². The van der Waals surface area contributed by atoms with Gasteiger partial charge in [0.2, 0.25) is 0 Å². The van der Waals surface area contributed by atoms with Crippen LogP contribution in [0.3, 0.4) is 0 Å². The van der Waals surface area contributed by atoms with Crippen molar-refractivity contribution in [2.45, 2.75) is 64.0 Å². The maximum atomic E-state index is 13.0. The van der Waals surface area contributed by atoms with Crippen molar-refractivity contribution in [1.29, 1.82) is 0 Å². The molecule has 1 unspecified atom stereocenters. The van der Waals surface area contributed by atoms with Gasteiger partial charge in [0.1, 0.15) is 17.1 Å². The second-order valence-corrected chi connectivity index (χ2v) is 8.66. The fourth-order valence-corrected chi connectivity index (χ4v) is 4.30. The second-order valence-electron chi connectivity index (χ2n) is 8.66. The highest BCUT2D eigenvalue weighted by Gasteiger charge is 2.22. The van der Waals surface area contributed by atoms with Crippen molar-refractivity contribution < 1.29 is 19.0 Å². The largest absolute Gasteiger partial charge is 0.497 e. The number of methoxy groups -OCH3 is 2. The third-order valence-corrected chi connectivity index (χ3v) is 6.15. The van der Waals surface area contributed by atoms with Crippen LogP contribution in [0, 0.1) is 0 Å². The quantitative estimate of drug-likeness (QED) is 0.561. The van der Waals surface area contributed by atoms with Crippen LogP contribution in [0.1, 0.15) is 66.9 Å². The number of hydrogen-bond acceptors (Lipinski definition) is 5. The Morgan fingerprint density at radius 2 is 1.82 bits per heavy atom. The van der Waals surface area contributed by atoms with E-state index < -0.39 is 0 Å². The van der Waals surface area contributed by atoms with Crippen molar-refractivity contribution >= 4 is 12.0 Å². The maximum absolute atomic E-state index is 13.0. The summed E-state index contributed by atoms with van der Waals surface area (Å²) >= 11 is 0. The van der Waals surface area contributed by atoms with Gasteiger partial charge < -0.3 is 19.5 Å². The fourth-order valence-electron chi connectivity index (χ4n) is 4.30. The van der Waals surface area contributed by atoms with Gasteiger partial charge in [0, 0.05) is 12.1 Å². The number of ether oxygens (including phenoxy) is 3. The van der Waals surface area contributed by atoms with Crippen molar-refractivity contribution in [2.75, 3.05) is 20.8 Å². The van der Waals surface area contributed by atoms with Gasteiger partial charge in [-0.2, -0.15) is 0 Å². The van der Waals surface area contributed by atoms with Crippen LogP contribution in [0.4, 0.5) is 0 Å². The molecule has 3 rings (SSSR count). The summed E-state index contributed by atoms with van der Waals surface area (Å²) in [6, 6.07) is 14.7. The highest BCUT2D eigenvalue weighted by atomic mass is 16.5. The lowest BCUT2D eigenvalue weighted by molar-refractivity contribution is 0.0314. The van der Waals surface area contributed by atoms with Gasteiger partial charge in [0.15, 0.2) is 0 Å². The zero-order valence-corrected chi connectivity index (χ0v) is 20.1. The Balaban J connectivity index is 1.69. The molecule has 5 nitrogen and oxygen atoms in total. The topological polar surface area (TPSA) is 56.8 Å². The zero-order chi connectivity index (χ0) is 23.5. The predicted molar refractivity (Wildman–Crippen MR) is 133 cm³/mol.